The zero-order chi connectivity index (χ0) is 15.7. The third-order valence-corrected chi connectivity index (χ3v) is 6.48. The summed E-state index contributed by atoms with van der Waals surface area (Å²) in [5.41, 5.74) is 0.925. The van der Waals surface area contributed by atoms with E-state index in [4.69, 9.17) is 23.2 Å². The normalized spacial score (nSPS) is 18.0. The van der Waals surface area contributed by atoms with Crippen molar-refractivity contribution >= 4 is 45.0 Å². The fourth-order valence-corrected chi connectivity index (χ4v) is 5.21. The van der Waals surface area contributed by atoms with Crippen LogP contribution in [0.5, 0.6) is 0 Å². The van der Waals surface area contributed by atoms with Gasteiger partial charge in [-0.1, -0.05) is 29.3 Å². The topological polar surface area (TPSA) is 46.2 Å². The molecule has 0 aromatic heterocycles. The quantitative estimate of drug-likeness (QED) is 0.860. The fourth-order valence-electron chi connectivity index (χ4n) is 2.38. The van der Waals surface area contributed by atoms with Crippen LogP contribution in [0.2, 0.25) is 10.0 Å². The second-order valence-electron chi connectivity index (χ2n) is 4.95. The zero-order valence-electron chi connectivity index (χ0n) is 11.4. The molecule has 1 aliphatic rings. The maximum Gasteiger partial charge on any atom is 0.241 e. The summed E-state index contributed by atoms with van der Waals surface area (Å²) >= 11 is 13.6. The lowest BCUT2D eigenvalue weighted by Gasteiger charge is -2.26. The maximum atomic E-state index is 12.5. The largest absolute Gasteiger partial charge is 0.241 e. The Morgan fingerprint density at radius 2 is 1.86 bits per heavy atom. The van der Waals surface area contributed by atoms with Crippen LogP contribution in [0.25, 0.3) is 0 Å². The van der Waals surface area contributed by atoms with Gasteiger partial charge in [0.05, 0.1) is 4.90 Å². The monoisotopic (exact) mass is 373 g/mol. The van der Waals surface area contributed by atoms with E-state index in [1.807, 2.05) is 18.2 Å². The summed E-state index contributed by atoms with van der Waals surface area (Å²) in [4.78, 5) is 1.23. The molecule has 1 atom stereocenters. The summed E-state index contributed by atoms with van der Waals surface area (Å²) in [5, 5.41) is 0.999. The Balaban J connectivity index is 1.93. The van der Waals surface area contributed by atoms with E-state index in [2.05, 4.69) is 4.72 Å². The molecule has 2 aromatic rings. The minimum absolute atomic E-state index is 0.168. The number of hydrogen-bond acceptors (Lipinski definition) is 3. The molecule has 116 valence electrons. The van der Waals surface area contributed by atoms with Crippen LogP contribution in [0.3, 0.4) is 0 Å². The highest BCUT2D eigenvalue weighted by molar-refractivity contribution is 7.99. The van der Waals surface area contributed by atoms with Gasteiger partial charge in [-0.3, -0.25) is 0 Å². The number of halogens is 2. The van der Waals surface area contributed by atoms with Crippen molar-refractivity contribution in [3.8, 4) is 0 Å². The van der Waals surface area contributed by atoms with E-state index in [9.17, 15) is 8.42 Å². The number of hydrogen-bond donors (Lipinski definition) is 1. The van der Waals surface area contributed by atoms with Gasteiger partial charge in [-0.25, -0.2) is 13.1 Å². The lowest BCUT2D eigenvalue weighted by molar-refractivity contribution is 0.546. The molecular formula is C15H13Cl2NO2S2. The lowest BCUT2D eigenvalue weighted by atomic mass is 10.1. The Kier molecular flexibility index (Phi) is 4.71. The third kappa shape index (κ3) is 3.44. The summed E-state index contributed by atoms with van der Waals surface area (Å²) in [5.74, 6) is 0.858. The van der Waals surface area contributed by atoms with Gasteiger partial charge < -0.3 is 0 Å². The number of benzene rings is 2. The highest BCUT2D eigenvalue weighted by Crippen LogP contribution is 2.38. The van der Waals surface area contributed by atoms with Gasteiger partial charge in [0.2, 0.25) is 10.0 Å². The van der Waals surface area contributed by atoms with Gasteiger partial charge in [-0.2, -0.15) is 0 Å². The van der Waals surface area contributed by atoms with E-state index < -0.39 is 10.0 Å². The molecule has 0 saturated carbocycles. The second kappa shape index (κ2) is 6.42. The summed E-state index contributed by atoms with van der Waals surface area (Å²) in [7, 11) is -3.62. The van der Waals surface area contributed by atoms with Crippen molar-refractivity contribution < 1.29 is 8.42 Å². The van der Waals surface area contributed by atoms with Crippen molar-refractivity contribution in [1.29, 1.82) is 0 Å². The van der Waals surface area contributed by atoms with Gasteiger partial charge in [-0.05, 0) is 54.1 Å². The molecule has 3 nitrogen and oxygen atoms in total. The molecule has 1 heterocycles. The van der Waals surface area contributed by atoms with Crippen LogP contribution in [0.4, 0.5) is 0 Å². The summed E-state index contributed by atoms with van der Waals surface area (Å²) in [6, 6.07) is 11.5. The van der Waals surface area contributed by atoms with Gasteiger partial charge in [0.1, 0.15) is 0 Å². The van der Waals surface area contributed by atoms with Gasteiger partial charge in [0.25, 0.3) is 0 Å². The van der Waals surface area contributed by atoms with E-state index >= 15 is 0 Å². The van der Waals surface area contributed by atoms with Crippen LogP contribution in [0.15, 0.2) is 52.3 Å². The molecule has 22 heavy (non-hydrogen) atoms. The first kappa shape index (κ1) is 16.1. The van der Waals surface area contributed by atoms with Gasteiger partial charge in [0.15, 0.2) is 0 Å². The van der Waals surface area contributed by atoms with Crippen molar-refractivity contribution in [2.75, 3.05) is 5.75 Å². The van der Waals surface area contributed by atoms with Gasteiger partial charge in [0, 0.05) is 21.0 Å². The van der Waals surface area contributed by atoms with Crippen LogP contribution in [-0.2, 0) is 10.0 Å². The minimum Gasteiger partial charge on any atom is -0.207 e. The Bertz CT molecular complexity index is 809. The van der Waals surface area contributed by atoms with Crippen LogP contribution < -0.4 is 4.72 Å². The van der Waals surface area contributed by atoms with Crippen molar-refractivity contribution in [3.63, 3.8) is 0 Å². The Hall–Kier alpha value is -0.720. The molecule has 7 heteroatoms. The molecule has 2 aromatic carbocycles. The van der Waals surface area contributed by atoms with Gasteiger partial charge in [-0.15, -0.1) is 11.8 Å². The molecule has 0 aliphatic carbocycles. The highest BCUT2D eigenvalue weighted by Gasteiger charge is 2.26. The van der Waals surface area contributed by atoms with E-state index in [0.717, 1.165) is 22.6 Å². The van der Waals surface area contributed by atoms with Gasteiger partial charge >= 0.3 is 0 Å². The molecule has 1 aliphatic heterocycles. The smallest absolute Gasteiger partial charge is 0.207 e. The van der Waals surface area contributed by atoms with Crippen molar-refractivity contribution in [2.45, 2.75) is 22.3 Å². The summed E-state index contributed by atoms with van der Waals surface area (Å²) < 4.78 is 27.8. The molecule has 0 amide bonds. The predicted octanol–water partition coefficient (Wildman–Crippen LogP) is 4.51. The Morgan fingerprint density at radius 3 is 2.64 bits per heavy atom. The summed E-state index contributed by atoms with van der Waals surface area (Å²) in [6.07, 6.45) is 0.720. The molecule has 3 rings (SSSR count). The van der Waals surface area contributed by atoms with E-state index in [1.165, 1.54) is 12.1 Å². The summed E-state index contributed by atoms with van der Waals surface area (Å²) in [6.45, 7) is 0. The average Bonchev–Trinajstić information content (AvgIpc) is 2.48. The molecule has 0 bridgehead atoms. The first-order valence-electron chi connectivity index (χ1n) is 6.66. The number of rotatable bonds is 3. The number of nitrogens with one attached hydrogen (secondary N) is 1. The first-order chi connectivity index (χ1) is 10.5. The van der Waals surface area contributed by atoms with E-state index in [0.29, 0.717) is 10.0 Å². The minimum atomic E-state index is -3.62. The molecule has 0 saturated heterocycles. The van der Waals surface area contributed by atoms with Crippen LogP contribution in [0, 0.1) is 0 Å². The predicted molar refractivity (Wildman–Crippen MR) is 91.3 cm³/mol. The SMILES string of the molecule is O=S(=O)(N[C@@H]1CCSc2ccc(Cl)cc21)c1cccc(Cl)c1. The third-order valence-electron chi connectivity index (χ3n) is 3.42. The molecule has 1 N–H and O–H groups in total. The Morgan fingerprint density at radius 1 is 1.09 bits per heavy atom. The highest BCUT2D eigenvalue weighted by atomic mass is 35.5. The lowest BCUT2D eigenvalue weighted by Crippen LogP contribution is -2.30. The van der Waals surface area contributed by atoms with Crippen LogP contribution in [0.1, 0.15) is 18.0 Å². The van der Waals surface area contributed by atoms with E-state index in [1.54, 1.807) is 23.9 Å². The number of thioether (sulfide) groups is 1. The molecule has 0 unspecified atom stereocenters. The molecule has 0 fully saturated rings. The first-order valence-corrected chi connectivity index (χ1v) is 9.88. The molecular weight excluding hydrogens is 361 g/mol. The van der Waals surface area contributed by atoms with E-state index in [-0.39, 0.29) is 10.9 Å². The Labute approximate surface area is 144 Å². The van der Waals surface area contributed by atoms with Crippen molar-refractivity contribution in [1.82, 2.24) is 4.72 Å². The average molecular weight is 374 g/mol. The number of sulfonamides is 1. The maximum absolute atomic E-state index is 12.5. The fraction of sp³-hybridized carbons (Fsp3) is 0.200. The molecule has 0 radical (unpaired) electrons. The van der Waals surface area contributed by atoms with Crippen LogP contribution >= 0.6 is 35.0 Å². The van der Waals surface area contributed by atoms with Crippen LogP contribution in [-0.4, -0.2) is 14.2 Å². The second-order valence-corrected chi connectivity index (χ2v) is 8.67. The molecule has 0 spiro atoms. The van der Waals surface area contributed by atoms with Crippen molar-refractivity contribution in [2.24, 2.45) is 0 Å². The van der Waals surface area contributed by atoms with Crippen molar-refractivity contribution in [3.05, 3.63) is 58.1 Å². The number of fused-ring (bicyclic) bond motifs is 1. The standard InChI is InChI=1S/C15H13Cl2NO2S2/c16-10-2-1-3-12(8-10)22(19,20)18-14-6-7-21-15-5-4-11(17)9-13(14)15/h1-5,8-9,14,18H,6-7H2/t14-/m1/s1. The zero-order valence-corrected chi connectivity index (χ0v) is 14.6.